The summed E-state index contributed by atoms with van der Waals surface area (Å²) in [6.45, 7) is 0. The van der Waals surface area contributed by atoms with Gasteiger partial charge in [0.1, 0.15) is 0 Å². The van der Waals surface area contributed by atoms with Crippen molar-refractivity contribution in [3.05, 3.63) is 70.8 Å². The van der Waals surface area contributed by atoms with Gasteiger partial charge in [0.25, 0.3) is 5.91 Å². The first-order valence-electron chi connectivity index (χ1n) is 6.08. The van der Waals surface area contributed by atoms with Gasteiger partial charge < -0.3 is 5.32 Å². The molecule has 0 radical (unpaired) electrons. The Hall–Kier alpha value is -2.39. The van der Waals surface area contributed by atoms with Crippen LogP contribution >= 0.6 is 11.6 Å². The molecular weight excluding hydrogens is 274 g/mol. The molecule has 2 aromatic rings. The van der Waals surface area contributed by atoms with Crippen molar-refractivity contribution < 1.29 is 9.59 Å². The molecule has 1 aliphatic rings. The van der Waals surface area contributed by atoms with Crippen molar-refractivity contribution >= 4 is 34.6 Å². The molecule has 0 aromatic heterocycles. The lowest BCUT2D eigenvalue weighted by atomic mass is 10.0. The molecule has 1 N–H and O–H groups in total. The Balaban J connectivity index is 2.03. The highest BCUT2D eigenvalue weighted by atomic mass is 35.5. The molecule has 1 aliphatic heterocycles. The van der Waals surface area contributed by atoms with E-state index in [4.69, 9.17) is 11.6 Å². The monoisotopic (exact) mass is 283 g/mol. The first-order valence-corrected chi connectivity index (χ1v) is 6.46. The van der Waals surface area contributed by atoms with E-state index in [0.29, 0.717) is 16.2 Å². The van der Waals surface area contributed by atoms with E-state index < -0.39 is 0 Å². The zero-order valence-electron chi connectivity index (χ0n) is 10.4. The van der Waals surface area contributed by atoms with E-state index in [0.717, 1.165) is 11.3 Å². The summed E-state index contributed by atoms with van der Waals surface area (Å²) in [5.41, 5.74) is 2.21. The molecule has 0 spiro atoms. The number of hydrogen-bond acceptors (Lipinski definition) is 2. The van der Waals surface area contributed by atoms with Crippen LogP contribution in [0.2, 0.25) is 5.02 Å². The van der Waals surface area contributed by atoms with Gasteiger partial charge in [-0.2, -0.15) is 0 Å². The minimum Gasteiger partial charge on any atom is -0.321 e. The summed E-state index contributed by atoms with van der Waals surface area (Å²) in [7, 11) is 0. The lowest BCUT2D eigenvalue weighted by Crippen LogP contribution is -2.06. The average Bonchev–Trinajstić information content (AvgIpc) is 2.76. The lowest BCUT2D eigenvalue weighted by Gasteiger charge is -2.00. The van der Waals surface area contributed by atoms with Crippen molar-refractivity contribution in [3.8, 4) is 0 Å². The van der Waals surface area contributed by atoms with Crippen molar-refractivity contribution in [3.63, 3.8) is 0 Å². The first-order chi connectivity index (χ1) is 9.66. The molecule has 4 heteroatoms. The van der Waals surface area contributed by atoms with Crippen molar-refractivity contribution in [2.75, 3.05) is 5.32 Å². The fraction of sp³-hybridized carbons (Fsp3) is 0. The average molecular weight is 284 g/mol. The standard InChI is InChI=1S/C16H10ClNO2/c17-13-7-3-1-6-11(13)15(19)9-12-10-5-2-4-8-14(10)18-16(12)20/h1-9H,(H,18,20). The smallest absolute Gasteiger partial charge is 0.256 e. The number of para-hydroxylation sites is 1. The minimum atomic E-state index is -0.280. The van der Waals surface area contributed by atoms with Crippen molar-refractivity contribution in [2.45, 2.75) is 0 Å². The van der Waals surface area contributed by atoms with Gasteiger partial charge in [0.05, 0.1) is 10.6 Å². The number of carbonyl (C=O) groups excluding carboxylic acids is 2. The van der Waals surface area contributed by atoms with E-state index in [-0.39, 0.29) is 11.7 Å². The summed E-state index contributed by atoms with van der Waals surface area (Å²) in [5.74, 6) is -0.552. The molecule has 3 nitrogen and oxygen atoms in total. The lowest BCUT2D eigenvalue weighted by molar-refractivity contribution is -0.110. The second-order valence-electron chi connectivity index (χ2n) is 4.40. The van der Waals surface area contributed by atoms with Crippen LogP contribution in [0.4, 0.5) is 5.69 Å². The molecule has 0 atom stereocenters. The van der Waals surface area contributed by atoms with Crippen LogP contribution in [-0.4, -0.2) is 11.7 Å². The van der Waals surface area contributed by atoms with Gasteiger partial charge in [-0.3, -0.25) is 9.59 Å². The van der Waals surface area contributed by atoms with Gasteiger partial charge in [-0.25, -0.2) is 0 Å². The van der Waals surface area contributed by atoms with E-state index in [2.05, 4.69) is 5.32 Å². The SMILES string of the molecule is O=C1Nc2ccccc2C1=CC(=O)c1ccccc1Cl. The van der Waals surface area contributed by atoms with Crippen molar-refractivity contribution in [2.24, 2.45) is 0 Å². The predicted octanol–water partition coefficient (Wildman–Crippen LogP) is 3.56. The number of allylic oxidation sites excluding steroid dienone is 1. The zero-order chi connectivity index (χ0) is 14.1. The number of hydrogen-bond donors (Lipinski definition) is 1. The normalized spacial score (nSPS) is 15.1. The molecule has 0 saturated carbocycles. The Morgan fingerprint density at radius 3 is 2.55 bits per heavy atom. The third-order valence-corrected chi connectivity index (χ3v) is 3.45. The number of ketones is 1. The van der Waals surface area contributed by atoms with Gasteiger partial charge in [-0.15, -0.1) is 0 Å². The van der Waals surface area contributed by atoms with E-state index in [1.165, 1.54) is 6.08 Å². The van der Waals surface area contributed by atoms with Crippen molar-refractivity contribution in [1.82, 2.24) is 0 Å². The second kappa shape index (κ2) is 4.94. The number of carbonyl (C=O) groups is 2. The summed E-state index contributed by atoms with van der Waals surface area (Å²) in [5, 5.41) is 3.10. The largest absolute Gasteiger partial charge is 0.321 e. The number of halogens is 1. The highest BCUT2D eigenvalue weighted by Gasteiger charge is 2.24. The molecule has 0 unspecified atom stereocenters. The highest BCUT2D eigenvalue weighted by molar-refractivity contribution is 6.38. The summed E-state index contributed by atoms with van der Waals surface area (Å²) < 4.78 is 0. The highest BCUT2D eigenvalue weighted by Crippen LogP contribution is 2.31. The Bertz CT molecular complexity index is 750. The number of nitrogens with one attached hydrogen (secondary N) is 1. The molecular formula is C16H10ClNO2. The number of benzene rings is 2. The van der Waals surface area contributed by atoms with E-state index >= 15 is 0 Å². The molecule has 0 fully saturated rings. The molecule has 1 amide bonds. The maximum Gasteiger partial charge on any atom is 0.256 e. The van der Waals surface area contributed by atoms with E-state index in [1.807, 2.05) is 12.1 Å². The number of amides is 1. The van der Waals surface area contributed by atoms with Crippen LogP contribution in [0.25, 0.3) is 5.57 Å². The third kappa shape index (κ3) is 2.12. The molecule has 98 valence electrons. The van der Waals surface area contributed by atoms with Crippen LogP contribution in [0, 0.1) is 0 Å². The minimum absolute atomic E-state index is 0.272. The molecule has 0 aliphatic carbocycles. The van der Waals surface area contributed by atoms with E-state index in [1.54, 1.807) is 36.4 Å². The Labute approximate surface area is 120 Å². The first kappa shape index (κ1) is 12.6. The van der Waals surface area contributed by atoms with Gasteiger partial charge in [-0.05, 0) is 24.3 Å². The summed E-state index contributed by atoms with van der Waals surface area (Å²) in [4.78, 5) is 24.2. The second-order valence-corrected chi connectivity index (χ2v) is 4.81. The number of fused-ring (bicyclic) bond motifs is 1. The van der Waals surface area contributed by atoms with Crippen LogP contribution in [0.5, 0.6) is 0 Å². The Morgan fingerprint density at radius 1 is 1.05 bits per heavy atom. The summed E-state index contributed by atoms with van der Waals surface area (Å²) in [6, 6.07) is 14.0. The summed E-state index contributed by atoms with van der Waals surface area (Å²) >= 11 is 5.99. The van der Waals surface area contributed by atoms with Gasteiger partial charge in [0.2, 0.25) is 0 Å². The number of anilines is 1. The molecule has 1 heterocycles. The van der Waals surface area contributed by atoms with Gasteiger partial charge in [0.15, 0.2) is 5.78 Å². The summed E-state index contributed by atoms with van der Waals surface area (Å²) in [6.07, 6.45) is 1.34. The Morgan fingerprint density at radius 2 is 1.75 bits per heavy atom. The third-order valence-electron chi connectivity index (χ3n) is 3.12. The molecule has 0 saturated heterocycles. The number of rotatable bonds is 2. The van der Waals surface area contributed by atoms with Crippen LogP contribution in [-0.2, 0) is 4.79 Å². The van der Waals surface area contributed by atoms with Crippen LogP contribution in [0.3, 0.4) is 0 Å². The molecule has 20 heavy (non-hydrogen) atoms. The topological polar surface area (TPSA) is 46.2 Å². The quantitative estimate of drug-likeness (QED) is 0.677. The van der Waals surface area contributed by atoms with Crippen LogP contribution in [0.15, 0.2) is 54.6 Å². The Kier molecular flexibility index (Phi) is 3.12. The fourth-order valence-electron chi connectivity index (χ4n) is 2.15. The maximum atomic E-state index is 12.2. The molecule has 0 bridgehead atoms. The zero-order valence-corrected chi connectivity index (χ0v) is 11.1. The fourth-order valence-corrected chi connectivity index (χ4v) is 2.38. The van der Waals surface area contributed by atoms with Crippen molar-refractivity contribution in [1.29, 1.82) is 0 Å². The van der Waals surface area contributed by atoms with Gasteiger partial charge in [-0.1, -0.05) is 41.9 Å². The predicted molar refractivity (Wildman–Crippen MR) is 78.8 cm³/mol. The maximum absolute atomic E-state index is 12.2. The van der Waals surface area contributed by atoms with Crippen LogP contribution < -0.4 is 5.32 Å². The molecule has 2 aromatic carbocycles. The van der Waals surface area contributed by atoms with Gasteiger partial charge in [0, 0.05) is 16.8 Å². The van der Waals surface area contributed by atoms with E-state index in [9.17, 15) is 9.59 Å². The molecule has 3 rings (SSSR count). The van der Waals surface area contributed by atoms with Crippen LogP contribution in [0.1, 0.15) is 15.9 Å². The van der Waals surface area contributed by atoms with Gasteiger partial charge >= 0.3 is 0 Å².